The molecule has 1 atom stereocenters. The zero-order valence-electron chi connectivity index (χ0n) is 13.5. The lowest BCUT2D eigenvalue weighted by Gasteiger charge is -2.27. The molecule has 1 heterocycles. The van der Waals surface area contributed by atoms with Gasteiger partial charge < -0.3 is 5.73 Å². The van der Waals surface area contributed by atoms with Crippen LogP contribution in [0.1, 0.15) is 19.4 Å². The molecule has 0 radical (unpaired) electrons. The molecule has 2 aromatic carbocycles. The maximum absolute atomic E-state index is 13.1. The summed E-state index contributed by atoms with van der Waals surface area (Å²) >= 11 is 5.98. The molecule has 0 saturated heterocycles. The zero-order chi connectivity index (χ0) is 17.4. The SMILES string of the molecule is C/C(N)=C1\c2ccccc2N(c2ccc(Cl)cc2)C(=O)C(C)N1N. The van der Waals surface area contributed by atoms with Crippen LogP contribution in [0.15, 0.2) is 54.2 Å². The number of benzene rings is 2. The van der Waals surface area contributed by atoms with Crippen molar-refractivity contribution in [3.63, 3.8) is 0 Å². The Morgan fingerprint density at radius 1 is 1.12 bits per heavy atom. The van der Waals surface area contributed by atoms with Crippen molar-refractivity contribution in [1.29, 1.82) is 0 Å². The van der Waals surface area contributed by atoms with E-state index in [4.69, 9.17) is 23.2 Å². The summed E-state index contributed by atoms with van der Waals surface area (Å²) in [4.78, 5) is 14.7. The topological polar surface area (TPSA) is 75.6 Å². The summed E-state index contributed by atoms with van der Waals surface area (Å²) < 4.78 is 0. The Morgan fingerprint density at radius 2 is 1.75 bits per heavy atom. The molecule has 0 spiro atoms. The molecule has 0 aliphatic carbocycles. The van der Waals surface area contributed by atoms with Crippen LogP contribution in [-0.4, -0.2) is 17.0 Å². The Kier molecular flexibility index (Phi) is 4.22. The van der Waals surface area contributed by atoms with Gasteiger partial charge in [-0.05, 0) is 44.2 Å². The van der Waals surface area contributed by atoms with E-state index in [-0.39, 0.29) is 5.91 Å². The first-order valence-electron chi connectivity index (χ1n) is 7.61. The van der Waals surface area contributed by atoms with Crippen LogP contribution in [0.3, 0.4) is 0 Å². The molecule has 5 nitrogen and oxygen atoms in total. The van der Waals surface area contributed by atoms with Gasteiger partial charge in [-0.1, -0.05) is 29.8 Å². The molecule has 1 amide bonds. The van der Waals surface area contributed by atoms with Crippen LogP contribution in [0, 0.1) is 0 Å². The third-order valence-corrected chi connectivity index (χ3v) is 4.36. The highest BCUT2D eigenvalue weighted by molar-refractivity contribution is 6.30. The van der Waals surface area contributed by atoms with Crippen molar-refractivity contribution in [3.8, 4) is 0 Å². The van der Waals surface area contributed by atoms with Gasteiger partial charge in [0.15, 0.2) is 0 Å². The summed E-state index contributed by atoms with van der Waals surface area (Å²) in [5, 5.41) is 2.05. The Hall–Kier alpha value is -2.50. The highest BCUT2D eigenvalue weighted by atomic mass is 35.5. The summed E-state index contributed by atoms with van der Waals surface area (Å²) in [6.45, 7) is 3.54. The first kappa shape index (κ1) is 16.4. The van der Waals surface area contributed by atoms with Crippen molar-refractivity contribution in [1.82, 2.24) is 5.01 Å². The minimum atomic E-state index is -0.568. The second kappa shape index (κ2) is 6.19. The van der Waals surface area contributed by atoms with Crippen LogP contribution in [-0.2, 0) is 4.79 Å². The van der Waals surface area contributed by atoms with E-state index in [2.05, 4.69) is 0 Å². The number of hydrogen-bond acceptors (Lipinski definition) is 4. The number of fused-ring (bicyclic) bond motifs is 1. The van der Waals surface area contributed by atoms with Crippen LogP contribution >= 0.6 is 11.6 Å². The van der Waals surface area contributed by atoms with E-state index in [9.17, 15) is 4.79 Å². The van der Waals surface area contributed by atoms with Crippen LogP contribution in [0.5, 0.6) is 0 Å². The van der Waals surface area contributed by atoms with Crippen molar-refractivity contribution in [2.45, 2.75) is 19.9 Å². The number of anilines is 2. The van der Waals surface area contributed by atoms with E-state index in [0.29, 0.717) is 16.4 Å². The predicted molar refractivity (Wildman–Crippen MR) is 97.3 cm³/mol. The van der Waals surface area contributed by atoms with Gasteiger partial charge in [-0.15, -0.1) is 0 Å². The van der Waals surface area contributed by atoms with Crippen molar-refractivity contribution in [2.75, 3.05) is 4.90 Å². The van der Waals surface area contributed by atoms with Gasteiger partial charge in [0, 0.05) is 22.0 Å². The van der Waals surface area contributed by atoms with Crippen LogP contribution in [0.4, 0.5) is 11.4 Å². The Balaban J connectivity index is 2.28. The van der Waals surface area contributed by atoms with Gasteiger partial charge in [-0.25, -0.2) is 5.84 Å². The van der Waals surface area contributed by atoms with E-state index in [1.807, 2.05) is 36.4 Å². The van der Waals surface area contributed by atoms with Gasteiger partial charge in [0.25, 0.3) is 5.91 Å². The number of para-hydroxylation sites is 1. The lowest BCUT2D eigenvalue weighted by Crippen LogP contribution is -2.46. The second-order valence-corrected chi connectivity index (χ2v) is 6.22. The van der Waals surface area contributed by atoms with E-state index < -0.39 is 6.04 Å². The van der Waals surface area contributed by atoms with Crippen LogP contribution < -0.4 is 16.5 Å². The van der Waals surface area contributed by atoms with Crippen molar-refractivity contribution in [3.05, 3.63) is 64.8 Å². The molecule has 2 aromatic rings. The smallest absolute Gasteiger partial charge is 0.255 e. The number of hydrazine groups is 1. The van der Waals surface area contributed by atoms with E-state index in [0.717, 1.165) is 16.9 Å². The lowest BCUT2D eigenvalue weighted by molar-refractivity contribution is -0.121. The van der Waals surface area contributed by atoms with Gasteiger partial charge in [-0.2, -0.15) is 0 Å². The fourth-order valence-corrected chi connectivity index (χ4v) is 3.02. The number of carbonyl (C=O) groups excluding carboxylic acids is 1. The second-order valence-electron chi connectivity index (χ2n) is 5.78. The fourth-order valence-electron chi connectivity index (χ4n) is 2.90. The molecule has 124 valence electrons. The fraction of sp³-hybridized carbons (Fsp3) is 0.167. The monoisotopic (exact) mass is 342 g/mol. The number of hydrogen-bond donors (Lipinski definition) is 2. The summed E-state index contributed by atoms with van der Waals surface area (Å²) in [6.07, 6.45) is 0. The first-order valence-corrected chi connectivity index (χ1v) is 7.99. The molecule has 24 heavy (non-hydrogen) atoms. The summed E-state index contributed by atoms with van der Waals surface area (Å²) in [5.74, 6) is 6.08. The van der Waals surface area contributed by atoms with Gasteiger partial charge in [-0.3, -0.25) is 14.7 Å². The van der Waals surface area contributed by atoms with Crippen LogP contribution in [0.2, 0.25) is 5.02 Å². The third-order valence-electron chi connectivity index (χ3n) is 4.11. The van der Waals surface area contributed by atoms with Crippen molar-refractivity contribution in [2.24, 2.45) is 11.6 Å². The molecule has 0 bridgehead atoms. The van der Waals surface area contributed by atoms with Crippen molar-refractivity contribution < 1.29 is 4.79 Å². The summed E-state index contributed by atoms with van der Waals surface area (Å²) in [5.41, 5.74) is 9.56. The molecule has 0 aromatic heterocycles. The number of halogens is 1. The molecule has 1 aliphatic rings. The highest BCUT2D eigenvalue weighted by Gasteiger charge is 2.35. The molecular weight excluding hydrogens is 324 g/mol. The van der Waals surface area contributed by atoms with E-state index in [1.54, 1.807) is 30.9 Å². The predicted octanol–water partition coefficient (Wildman–Crippen LogP) is 3.23. The zero-order valence-corrected chi connectivity index (χ0v) is 14.3. The van der Waals surface area contributed by atoms with E-state index in [1.165, 1.54) is 5.01 Å². The number of rotatable bonds is 1. The average molecular weight is 343 g/mol. The Labute approximate surface area is 146 Å². The van der Waals surface area contributed by atoms with Gasteiger partial charge in [0.05, 0.1) is 11.4 Å². The third kappa shape index (κ3) is 2.62. The number of allylic oxidation sites excluding steroid dienone is 1. The number of carbonyl (C=O) groups is 1. The molecule has 6 heteroatoms. The molecule has 0 saturated carbocycles. The quantitative estimate of drug-likeness (QED) is 0.780. The number of amides is 1. The van der Waals surface area contributed by atoms with Crippen molar-refractivity contribution >= 4 is 34.6 Å². The molecule has 4 N–H and O–H groups in total. The number of nitrogens with zero attached hydrogens (tertiary/aromatic N) is 2. The molecule has 1 aliphatic heterocycles. The lowest BCUT2D eigenvalue weighted by atomic mass is 10.1. The molecule has 1 unspecified atom stereocenters. The normalized spacial score (nSPS) is 19.8. The van der Waals surface area contributed by atoms with Gasteiger partial charge >= 0.3 is 0 Å². The Bertz CT molecular complexity index is 812. The Morgan fingerprint density at radius 3 is 2.38 bits per heavy atom. The standard InChI is InChI=1S/C18H19ClN4O/c1-11(20)17-15-5-3-4-6-16(15)22(18(24)12(2)23(17)21)14-9-7-13(19)8-10-14/h3-10,12H,20-21H2,1-2H3/b17-11-. The first-order chi connectivity index (χ1) is 11.4. The van der Waals surface area contributed by atoms with Gasteiger partial charge in [0.2, 0.25) is 0 Å². The van der Waals surface area contributed by atoms with Gasteiger partial charge in [0.1, 0.15) is 6.04 Å². The summed E-state index contributed by atoms with van der Waals surface area (Å²) in [7, 11) is 0. The number of nitrogens with two attached hydrogens (primary N) is 2. The van der Waals surface area contributed by atoms with E-state index >= 15 is 0 Å². The van der Waals surface area contributed by atoms with Crippen LogP contribution in [0.25, 0.3) is 5.70 Å². The summed E-state index contributed by atoms with van der Waals surface area (Å²) in [6, 6.07) is 14.2. The largest absolute Gasteiger partial charge is 0.401 e. The molecule has 0 fully saturated rings. The minimum Gasteiger partial charge on any atom is -0.401 e. The average Bonchev–Trinajstić information content (AvgIpc) is 2.64. The molecule has 3 rings (SSSR count). The molecular formula is C18H19ClN4O. The maximum atomic E-state index is 13.1. The highest BCUT2D eigenvalue weighted by Crippen LogP contribution is 2.38. The minimum absolute atomic E-state index is 0.136. The maximum Gasteiger partial charge on any atom is 0.255 e.